The lowest BCUT2D eigenvalue weighted by atomic mass is 9.96. The highest BCUT2D eigenvalue weighted by Gasteiger charge is 2.09. The zero-order valence-corrected chi connectivity index (χ0v) is 13.4. The van der Waals surface area contributed by atoms with Crippen LogP contribution in [0.3, 0.4) is 0 Å². The number of hydrogen-bond donors (Lipinski definition) is 0. The topological polar surface area (TPSA) is 25.8 Å². The smallest absolute Gasteiger partial charge is 0.0733 e. The lowest BCUT2D eigenvalue weighted by Crippen LogP contribution is -1.96. The fraction of sp³-hybridized carbons (Fsp3) is 0.143. The minimum atomic E-state index is 0.871. The van der Waals surface area contributed by atoms with Crippen molar-refractivity contribution in [2.45, 2.75) is 20.3 Å². The lowest BCUT2D eigenvalue weighted by Gasteiger charge is -2.11. The van der Waals surface area contributed by atoms with E-state index in [0.717, 1.165) is 17.6 Å². The largest absolute Gasteiger partial charge is 0.261 e. The van der Waals surface area contributed by atoms with Crippen LogP contribution in [-0.4, -0.2) is 9.97 Å². The first-order chi connectivity index (χ1) is 11.2. The zero-order valence-electron chi connectivity index (χ0n) is 13.4. The molecule has 0 spiro atoms. The average Bonchev–Trinajstić information content (AvgIpc) is 2.60. The summed E-state index contributed by atoms with van der Waals surface area (Å²) >= 11 is 0. The van der Waals surface area contributed by atoms with Crippen LogP contribution in [0.15, 0.2) is 60.9 Å². The Bertz CT molecular complexity index is 935. The second kappa shape index (κ2) is 5.47. The molecule has 0 atom stereocenters. The zero-order chi connectivity index (χ0) is 15.8. The number of fused-ring (bicyclic) bond motifs is 2. The van der Waals surface area contributed by atoms with Gasteiger partial charge < -0.3 is 0 Å². The maximum atomic E-state index is 4.59. The van der Waals surface area contributed by atoms with Crippen molar-refractivity contribution < 1.29 is 0 Å². The van der Waals surface area contributed by atoms with Gasteiger partial charge in [-0.05, 0) is 42.0 Å². The van der Waals surface area contributed by atoms with Gasteiger partial charge in [0.25, 0.3) is 0 Å². The number of benzene rings is 2. The van der Waals surface area contributed by atoms with Crippen molar-refractivity contribution in [3.63, 3.8) is 0 Å². The first-order valence-corrected chi connectivity index (χ1v) is 7.90. The molecule has 23 heavy (non-hydrogen) atoms. The van der Waals surface area contributed by atoms with Gasteiger partial charge in [0.15, 0.2) is 0 Å². The fourth-order valence-electron chi connectivity index (χ4n) is 3.27. The third kappa shape index (κ3) is 2.36. The van der Waals surface area contributed by atoms with Gasteiger partial charge in [0, 0.05) is 35.3 Å². The summed E-state index contributed by atoms with van der Waals surface area (Å²) in [6.07, 6.45) is 4.75. The second-order valence-electron chi connectivity index (χ2n) is 6.03. The number of nitrogens with zero attached hydrogens (tertiary/aromatic N) is 2. The summed E-state index contributed by atoms with van der Waals surface area (Å²) in [5.74, 6) is 0. The third-order valence-electron chi connectivity index (χ3n) is 4.52. The van der Waals surface area contributed by atoms with Crippen LogP contribution in [0.25, 0.3) is 21.7 Å². The Kier molecular flexibility index (Phi) is 3.30. The summed E-state index contributed by atoms with van der Waals surface area (Å²) in [5, 5.41) is 3.76. The molecular weight excluding hydrogens is 280 g/mol. The molecule has 4 rings (SSSR count). The van der Waals surface area contributed by atoms with Gasteiger partial charge in [0.1, 0.15) is 0 Å². The molecule has 0 amide bonds. The van der Waals surface area contributed by atoms with E-state index in [0.29, 0.717) is 0 Å². The van der Waals surface area contributed by atoms with Gasteiger partial charge in [-0.1, -0.05) is 42.5 Å². The molecule has 0 fully saturated rings. The van der Waals surface area contributed by atoms with E-state index < -0.39 is 0 Å². The highest BCUT2D eigenvalue weighted by molar-refractivity contribution is 5.89. The van der Waals surface area contributed by atoms with Crippen molar-refractivity contribution in [2.75, 3.05) is 0 Å². The monoisotopic (exact) mass is 298 g/mol. The summed E-state index contributed by atoms with van der Waals surface area (Å²) in [4.78, 5) is 9.13. The molecule has 0 aliphatic carbocycles. The molecule has 0 saturated carbocycles. The number of pyridine rings is 2. The molecule has 0 bridgehead atoms. The Balaban J connectivity index is 1.89. The van der Waals surface area contributed by atoms with E-state index >= 15 is 0 Å². The van der Waals surface area contributed by atoms with Crippen LogP contribution in [0, 0.1) is 13.8 Å². The molecule has 2 nitrogen and oxygen atoms in total. The van der Waals surface area contributed by atoms with E-state index in [9.17, 15) is 0 Å². The predicted octanol–water partition coefficient (Wildman–Crippen LogP) is 4.99. The van der Waals surface area contributed by atoms with Crippen LogP contribution in [0.2, 0.25) is 0 Å². The maximum Gasteiger partial charge on any atom is 0.0733 e. The number of aromatic nitrogens is 2. The molecule has 0 N–H and O–H groups in total. The van der Waals surface area contributed by atoms with E-state index in [2.05, 4.69) is 66.3 Å². The van der Waals surface area contributed by atoms with E-state index in [1.807, 2.05) is 18.5 Å². The molecule has 112 valence electrons. The summed E-state index contributed by atoms with van der Waals surface area (Å²) in [7, 11) is 0. The van der Waals surface area contributed by atoms with Crippen LogP contribution < -0.4 is 0 Å². The molecule has 0 unspecified atom stereocenters. The van der Waals surface area contributed by atoms with Crippen molar-refractivity contribution in [3.05, 3.63) is 83.3 Å². The first-order valence-electron chi connectivity index (χ1n) is 7.90. The molecule has 2 heterocycles. The Morgan fingerprint density at radius 2 is 1.52 bits per heavy atom. The Hall–Kier alpha value is -2.74. The van der Waals surface area contributed by atoms with Gasteiger partial charge >= 0.3 is 0 Å². The van der Waals surface area contributed by atoms with E-state index in [-0.39, 0.29) is 0 Å². The Labute approximate surface area is 135 Å². The molecule has 2 aromatic carbocycles. The molecule has 0 aliphatic rings. The first kappa shape index (κ1) is 13.9. The van der Waals surface area contributed by atoms with Crippen molar-refractivity contribution in [1.29, 1.82) is 0 Å². The van der Waals surface area contributed by atoms with Gasteiger partial charge in [-0.2, -0.15) is 0 Å². The molecule has 0 saturated heterocycles. The molecule has 4 aromatic rings. The van der Waals surface area contributed by atoms with Gasteiger partial charge in [-0.15, -0.1) is 0 Å². The predicted molar refractivity (Wildman–Crippen MR) is 95.8 cm³/mol. The van der Waals surface area contributed by atoms with Gasteiger partial charge in [-0.3, -0.25) is 9.97 Å². The van der Waals surface area contributed by atoms with Crippen molar-refractivity contribution in [2.24, 2.45) is 0 Å². The number of hydrogen-bond acceptors (Lipinski definition) is 2. The van der Waals surface area contributed by atoms with Crippen LogP contribution >= 0.6 is 0 Å². The second-order valence-corrected chi connectivity index (χ2v) is 6.03. The molecular formula is C21H18N2. The minimum absolute atomic E-state index is 0.871. The molecule has 0 aliphatic heterocycles. The molecule has 2 heteroatoms. The summed E-state index contributed by atoms with van der Waals surface area (Å²) in [5.41, 5.74) is 5.96. The van der Waals surface area contributed by atoms with Crippen LogP contribution in [0.5, 0.6) is 0 Å². The SMILES string of the molecule is Cc1ncc(Cc2ccc(C)c3ncccc23)c2ccccc12. The maximum absolute atomic E-state index is 4.59. The van der Waals surface area contributed by atoms with E-state index in [1.165, 1.54) is 32.8 Å². The van der Waals surface area contributed by atoms with Crippen LogP contribution in [0.4, 0.5) is 0 Å². The average molecular weight is 298 g/mol. The van der Waals surface area contributed by atoms with E-state index in [1.54, 1.807) is 0 Å². The molecule has 2 aromatic heterocycles. The van der Waals surface area contributed by atoms with Crippen LogP contribution in [0.1, 0.15) is 22.4 Å². The third-order valence-corrected chi connectivity index (χ3v) is 4.52. The summed E-state index contributed by atoms with van der Waals surface area (Å²) in [6.45, 7) is 4.18. The van der Waals surface area contributed by atoms with E-state index in [4.69, 9.17) is 0 Å². The Morgan fingerprint density at radius 3 is 2.39 bits per heavy atom. The quantitative estimate of drug-likeness (QED) is 0.521. The van der Waals surface area contributed by atoms with Crippen LogP contribution in [-0.2, 0) is 6.42 Å². The standard InChI is InChI=1S/C21H18N2/c1-14-9-10-16(20-8-5-11-22-21(14)20)12-17-13-23-15(2)18-6-3-4-7-19(17)18/h3-11,13H,12H2,1-2H3. The van der Waals surface area contributed by atoms with Crippen molar-refractivity contribution in [1.82, 2.24) is 9.97 Å². The Morgan fingerprint density at radius 1 is 0.739 bits per heavy atom. The van der Waals surface area contributed by atoms with Crippen molar-refractivity contribution in [3.8, 4) is 0 Å². The number of aryl methyl sites for hydroxylation is 2. The highest BCUT2D eigenvalue weighted by atomic mass is 14.7. The lowest BCUT2D eigenvalue weighted by molar-refractivity contribution is 1.15. The summed E-state index contributed by atoms with van der Waals surface area (Å²) < 4.78 is 0. The van der Waals surface area contributed by atoms with Gasteiger partial charge in [0.05, 0.1) is 5.52 Å². The fourth-order valence-corrected chi connectivity index (χ4v) is 3.27. The van der Waals surface area contributed by atoms with Gasteiger partial charge in [0.2, 0.25) is 0 Å². The summed E-state index contributed by atoms with van der Waals surface area (Å²) in [6, 6.07) is 17.1. The van der Waals surface area contributed by atoms with Crippen molar-refractivity contribution >= 4 is 21.7 Å². The minimum Gasteiger partial charge on any atom is -0.261 e. The van der Waals surface area contributed by atoms with Gasteiger partial charge in [-0.25, -0.2) is 0 Å². The highest BCUT2D eigenvalue weighted by Crippen LogP contribution is 2.26. The normalized spacial score (nSPS) is 11.2. The molecule has 0 radical (unpaired) electrons. The number of rotatable bonds is 2.